The second-order valence-electron chi connectivity index (χ2n) is 3.70. The van der Waals surface area contributed by atoms with Gasteiger partial charge in [-0.05, 0) is 45.3 Å². The van der Waals surface area contributed by atoms with Crippen molar-refractivity contribution in [1.29, 1.82) is 0 Å². The number of benzene rings is 1. The Balaban J connectivity index is 2.02. The normalized spacial score (nSPS) is 10.2. The van der Waals surface area contributed by atoms with Crippen LogP contribution in [0.15, 0.2) is 47.2 Å². The Kier molecular flexibility index (Phi) is 4.40. The van der Waals surface area contributed by atoms with E-state index >= 15 is 0 Å². The van der Waals surface area contributed by atoms with Crippen molar-refractivity contribution in [2.45, 2.75) is 12.4 Å². The Bertz CT molecular complexity index is 502. The lowest BCUT2D eigenvalue weighted by Crippen LogP contribution is -2.00. The number of alkyl halides is 1. The molecule has 1 N–H and O–H groups in total. The molecule has 0 saturated heterocycles. The highest BCUT2D eigenvalue weighted by Gasteiger charge is 1.97. The molecule has 0 aliphatic rings. The van der Waals surface area contributed by atoms with Gasteiger partial charge in [-0.2, -0.15) is 0 Å². The average molecular weight is 312 g/mol. The van der Waals surface area contributed by atoms with Gasteiger partial charge in [-0.3, -0.25) is 4.98 Å². The summed E-state index contributed by atoms with van der Waals surface area (Å²) in [7, 11) is 0. The zero-order valence-corrected chi connectivity index (χ0v) is 11.5. The van der Waals surface area contributed by atoms with Crippen LogP contribution in [0.5, 0.6) is 0 Å². The van der Waals surface area contributed by atoms with E-state index < -0.39 is 0 Å². The summed E-state index contributed by atoms with van der Waals surface area (Å²) in [4.78, 5) is 4.12. The largest absolute Gasteiger partial charge is 0.381 e. The maximum atomic E-state index is 5.79. The highest BCUT2D eigenvalue weighted by molar-refractivity contribution is 9.10. The van der Waals surface area contributed by atoms with Gasteiger partial charge in [-0.1, -0.05) is 12.1 Å². The van der Waals surface area contributed by atoms with Crippen LogP contribution in [-0.2, 0) is 12.4 Å². The van der Waals surface area contributed by atoms with Crippen molar-refractivity contribution in [1.82, 2.24) is 4.98 Å². The Morgan fingerprint density at radius 1 is 1.18 bits per heavy atom. The van der Waals surface area contributed by atoms with Crippen molar-refractivity contribution in [3.8, 4) is 0 Å². The Morgan fingerprint density at radius 2 is 2.06 bits per heavy atom. The lowest BCUT2D eigenvalue weighted by atomic mass is 10.2. The molecule has 88 valence electrons. The van der Waals surface area contributed by atoms with E-state index in [0.717, 1.165) is 27.8 Å². The number of nitrogens with one attached hydrogen (secondary N) is 1. The quantitative estimate of drug-likeness (QED) is 0.856. The minimum atomic E-state index is 0.536. The molecule has 0 spiro atoms. The minimum absolute atomic E-state index is 0.536. The molecular weight excluding hydrogens is 300 g/mol. The lowest BCUT2D eigenvalue weighted by Gasteiger charge is -2.07. The number of pyridine rings is 1. The van der Waals surface area contributed by atoms with Crippen molar-refractivity contribution in [2.75, 3.05) is 5.32 Å². The van der Waals surface area contributed by atoms with Crippen molar-refractivity contribution in [2.24, 2.45) is 0 Å². The number of hydrogen-bond donors (Lipinski definition) is 1. The van der Waals surface area contributed by atoms with E-state index in [4.69, 9.17) is 11.6 Å². The molecule has 1 aromatic carbocycles. The first-order valence-electron chi connectivity index (χ1n) is 5.26. The van der Waals surface area contributed by atoms with E-state index in [1.807, 2.05) is 30.5 Å². The summed E-state index contributed by atoms with van der Waals surface area (Å²) in [5, 5.41) is 3.34. The fourth-order valence-corrected chi connectivity index (χ4v) is 2.10. The van der Waals surface area contributed by atoms with Gasteiger partial charge in [-0.25, -0.2) is 0 Å². The van der Waals surface area contributed by atoms with E-state index in [9.17, 15) is 0 Å². The first kappa shape index (κ1) is 12.4. The van der Waals surface area contributed by atoms with Crippen molar-refractivity contribution < 1.29 is 0 Å². The van der Waals surface area contributed by atoms with Crippen LogP contribution in [0.25, 0.3) is 0 Å². The Hall–Kier alpha value is -1.06. The number of rotatable bonds is 4. The number of halogens is 2. The smallest absolute Gasteiger partial charge is 0.0474 e. The second-order valence-corrected chi connectivity index (χ2v) is 4.88. The fourth-order valence-electron chi connectivity index (χ4n) is 1.52. The van der Waals surface area contributed by atoms with Crippen LogP contribution < -0.4 is 5.32 Å². The molecule has 2 rings (SSSR count). The number of aromatic nitrogens is 1. The van der Waals surface area contributed by atoms with Crippen LogP contribution in [-0.4, -0.2) is 4.98 Å². The zero-order chi connectivity index (χ0) is 12.1. The number of hydrogen-bond acceptors (Lipinski definition) is 2. The second kappa shape index (κ2) is 6.03. The van der Waals surface area contributed by atoms with Crippen molar-refractivity contribution >= 4 is 33.2 Å². The molecule has 4 heteroatoms. The van der Waals surface area contributed by atoms with Gasteiger partial charge in [0.1, 0.15) is 0 Å². The van der Waals surface area contributed by atoms with Gasteiger partial charge in [0.25, 0.3) is 0 Å². The van der Waals surface area contributed by atoms with E-state index in [2.05, 4.69) is 32.3 Å². The maximum Gasteiger partial charge on any atom is 0.0474 e. The van der Waals surface area contributed by atoms with Crippen LogP contribution in [0.1, 0.15) is 11.1 Å². The third-order valence-corrected chi connectivity index (χ3v) is 3.08. The predicted octanol–water partition coefficient (Wildman–Crippen LogP) is 4.20. The molecule has 0 aliphatic heterocycles. The van der Waals surface area contributed by atoms with Crippen LogP contribution in [0.3, 0.4) is 0 Å². The predicted molar refractivity (Wildman–Crippen MR) is 75.3 cm³/mol. The van der Waals surface area contributed by atoms with Crippen molar-refractivity contribution in [3.63, 3.8) is 0 Å². The monoisotopic (exact) mass is 310 g/mol. The molecule has 0 saturated carbocycles. The van der Waals surface area contributed by atoms with E-state index in [0.29, 0.717) is 5.88 Å². The van der Waals surface area contributed by atoms with E-state index in [1.54, 1.807) is 6.20 Å². The topological polar surface area (TPSA) is 24.9 Å². The van der Waals surface area contributed by atoms with Gasteiger partial charge in [0.05, 0.1) is 0 Å². The molecule has 0 atom stereocenters. The molecule has 1 heterocycles. The van der Waals surface area contributed by atoms with Gasteiger partial charge in [0.2, 0.25) is 0 Å². The lowest BCUT2D eigenvalue weighted by molar-refractivity contribution is 1.10. The van der Waals surface area contributed by atoms with Gasteiger partial charge in [-0.15, -0.1) is 11.6 Å². The maximum absolute atomic E-state index is 5.79. The molecule has 2 nitrogen and oxygen atoms in total. The van der Waals surface area contributed by atoms with E-state index in [-0.39, 0.29) is 0 Å². The molecule has 0 fully saturated rings. The molecule has 1 aromatic heterocycles. The van der Waals surface area contributed by atoms with Gasteiger partial charge in [0.15, 0.2) is 0 Å². The molecule has 0 unspecified atom stereocenters. The SMILES string of the molecule is ClCc1cccc(NCc2cncc(Br)c2)c1. The summed E-state index contributed by atoms with van der Waals surface area (Å²) in [6.07, 6.45) is 3.63. The summed E-state index contributed by atoms with van der Waals surface area (Å²) in [6, 6.07) is 10.1. The number of anilines is 1. The zero-order valence-electron chi connectivity index (χ0n) is 9.16. The van der Waals surface area contributed by atoms with E-state index in [1.165, 1.54) is 0 Å². The van der Waals surface area contributed by atoms with Gasteiger partial charge in [0, 0.05) is 35.0 Å². The van der Waals surface area contributed by atoms with Crippen molar-refractivity contribution in [3.05, 3.63) is 58.3 Å². The standard InChI is InChI=1S/C13H12BrClN2/c14-12-4-11(7-16-9-12)8-17-13-3-1-2-10(5-13)6-15/h1-5,7,9,17H,6,8H2. The third-order valence-electron chi connectivity index (χ3n) is 2.34. The van der Waals surface area contributed by atoms with Crippen LogP contribution in [0.2, 0.25) is 0 Å². The minimum Gasteiger partial charge on any atom is -0.381 e. The summed E-state index contributed by atoms with van der Waals surface area (Å²) < 4.78 is 0.992. The van der Waals surface area contributed by atoms with Crippen LogP contribution in [0, 0.1) is 0 Å². The molecule has 17 heavy (non-hydrogen) atoms. The molecule has 0 bridgehead atoms. The van der Waals surface area contributed by atoms with Gasteiger partial charge >= 0.3 is 0 Å². The summed E-state index contributed by atoms with van der Waals surface area (Å²) >= 11 is 9.20. The summed E-state index contributed by atoms with van der Waals surface area (Å²) in [5.74, 6) is 0.536. The first-order chi connectivity index (χ1) is 8.28. The fraction of sp³-hybridized carbons (Fsp3) is 0.154. The highest BCUT2D eigenvalue weighted by Crippen LogP contribution is 2.15. The first-order valence-corrected chi connectivity index (χ1v) is 6.59. The third kappa shape index (κ3) is 3.72. The molecule has 0 radical (unpaired) electrons. The summed E-state index contributed by atoms with van der Waals surface area (Å²) in [6.45, 7) is 0.748. The summed E-state index contributed by atoms with van der Waals surface area (Å²) in [5.41, 5.74) is 3.32. The number of nitrogens with zero attached hydrogens (tertiary/aromatic N) is 1. The van der Waals surface area contributed by atoms with Gasteiger partial charge < -0.3 is 5.32 Å². The molecule has 0 aliphatic carbocycles. The Morgan fingerprint density at radius 3 is 2.82 bits per heavy atom. The molecule has 2 aromatic rings. The highest BCUT2D eigenvalue weighted by atomic mass is 79.9. The van der Waals surface area contributed by atoms with Crippen LogP contribution >= 0.6 is 27.5 Å². The average Bonchev–Trinajstić information content (AvgIpc) is 2.37. The molecule has 0 amide bonds. The Labute approximate surface area is 114 Å². The van der Waals surface area contributed by atoms with Crippen LogP contribution in [0.4, 0.5) is 5.69 Å². The molecular formula is C13H12BrClN2.